The smallest absolute Gasteiger partial charge is 0.222 e. The lowest BCUT2D eigenvalue weighted by atomic mass is 10.0. The molecule has 2 N–H and O–H groups in total. The van der Waals surface area contributed by atoms with Crippen molar-refractivity contribution in [3.05, 3.63) is 0 Å². The summed E-state index contributed by atoms with van der Waals surface area (Å²) in [4.78, 5) is 25.9. The molecule has 5 nitrogen and oxygen atoms in total. The molecule has 128 valence electrons. The first-order valence-corrected chi connectivity index (χ1v) is 8.35. The van der Waals surface area contributed by atoms with E-state index in [0.717, 1.165) is 38.9 Å². The molecule has 2 amide bonds. The summed E-state index contributed by atoms with van der Waals surface area (Å²) in [5, 5.41) is 6.48. The van der Waals surface area contributed by atoms with E-state index < -0.39 is 0 Å². The second-order valence-electron chi connectivity index (χ2n) is 6.82. The second kappa shape index (κ2) is 9.36. The van der Waals surface area contributed by atoms with Crippen LogP contribution in [0.5, 0.6) is 0 Å². The highest BCUT2D eigenvalue weighted by Crippen LogP contribution is 2.14. The van der Waals surface area contributed by atoms with Crippen LogP contribution >= 0.6 is 12.4 Å². The number of hydrogen-bond acceptors (Lipinski definition) is 3. The molecular weight excluding hydrogens is 302 g/mol. The Morgan fingerprint density at radius 1 is 1.23 bits per heavy atom. The fourth-order valence-electron chi connectivity index (χ4n) is 3.19. The van der Waals surface area contributed by atoms with Gasteiger partial charge in [0.2, 0.25) is 11.8 Å². The summed E-state index contributed by atoms with van der Waals surface area (Å²) in [7, 11) is 0. The Morgan fingerprint density at radius 2 is 1.91 bits per heavy atom. The molecule has 0 aromatic carbocycles. The van der Waals surface area contributed by atoms with E-state index in [1.165, 1.54) is 6.42 Å². The van der Waals surface area contributed by atoms with E-state index in [1.807, 2.05) is 4.90 Å². The number of nitrogens with zero attached hydrogens (tertiary/aromatic N) is 1. The third-order valence-electron chi connectivity index (χ3n) is 4.39. The fraction of sp³-hybridized carbons (Fsp3) is 0.875. The molecule has 6 heteroatoms. The molecule has 0 bridgehead atoms. The molecule has 0 aliphatic carbocycles. The summed E-state index contributed by atoms with van der Waals surface area (Å²) in [6, 6.07) is 0.597. The summed E-state index contributed by atoms with van der Waals surface area (Å²) in [5.74, 6) is 0.820. The Bertz CT molecular complexity index is 362. The summed E-state index contributed by atoms with van der Waals surface area (Å²) >= 11 is 0. The van der Waals surface area contributed by atoms with Crippen LogP contribution in [0.3, 0.4) is 0 Å². The molecule has 2 heterocycles. The number of halogens is 1. The van der Waals surface area contributed by atoms with Crippen LogP contribution < -0.4 is 10.6 Å². The van der Waals surface area contributed by atoms with Crippen molar-refractivity contribution in [3.8, 4) is 0 Å². The fourth-order valence-corrected chi connectivity index (χ4v) is 3.19. The zero-order valence-electron chi connectivity index (χ0n) is 13.8. The largest absolute Gasteiger partial charge is 0.353 e. The number of likely N-dealkylation sites (tertiary alicyclic amines) is 1. The van der Waals surface area contributed by atoms with E-state index in [9.17, 15) is 9.59 Å². The Hall–Kier alpha value is -0.810. The van der Waals surface area contributed by atoms with Gasteiger partial charge in [-0.2, -0.15) is 0 Å². The van der Waals surface area contributed by atoms with Gasteiger partial charge >= 0.3 is 0 Å². The van der Waals surface area contributed by atoms with Gasteiger partial charge < -0.3 is 15.5 Å². The second-order valence-corrected chi connectivity index (χ2v) is 6.82. The van der Waals surface area contributed by atoms with Crippen molar-refractivity contribution in [1.82, 2.24) is 15.5 Å². The highest BCUT2D eigenvalue weighted by molar-refractivity contribution is 5.85. The van der Waals surface area contributed by atoms with Crippen LogP contribution in [0.25, 0.3) is 0 Å². The van der Waals surface area contributed by atoms with E-state index in [0.29, 0.717) is 24.8 Å². The van der Waals surface area contributed by atoms with Crippen molar-refractivity contribution in [1.29, 1.82) is 0 Å². The van der Waals surface area contributed by atoms with Crippen LogP contribution in [0.4, 0.5) is 0 Å². The van der Waals surface area contributed by atoms with Gasteiger partial charge in [-0.25, -0.2) is 0 Å². The molecule has 0 aromatic rings. The molecule has 0 aromatic heterocycles. The summed E-state index contributed by atoms with van der Waals surface area (Å²) in [6.45, 7) is 6.73. The van der Waals surface area contributed by atoms with Crippen molar-refractivity contribution in [2.75, 3.05) is 19.6 Å². The molecule has 22 heavy (non-hydrogen) atoms. The molecule has 1 unspecified atom stereocenters. The van der Waals surface area contributed by atoms with Crippen LogP contribution in [-0.4, -0.2) is 48.4 Å². The lowest BCUT2D eigenvalue weighted by molar-refractivity contribution is -0.133. The molecule has 2 rings (SSSR count). The molecule has 2 saturated heterocycles. The van der Waals surface area contributed by atoms with Gasteiger partial charge in [0, 0.05) is 38.0 Å². The lowest BCUT2D eigenvalue weighted by Gasteiger charge is -2.33. The Morgan fingerprint density at radius 3 is 2.45 bits per heavy atom. The number of rotatable bonds is 5. The molecular formula is C16H30ClN3O2. The molecule has 0 saturated carbocycles. The highest BCUT2D eigenvalue weighted by Gasteiger charge is 2.25. The standard InChI is InChI=1S/C16H29N3O2.ClH/c1-12(2)10-16(21)19-8-5-13(6-9-19)18-15(20)11-14-4-3-7-17-14;/h12-14,17H,3-11H2,1-2H3,(H,18,20);1H. The van der Waals surface area contributed by atoms with Gasteiger partial charge in [-0.3, -0.25) is 9.59 Å². The van der Waals surface area contributed by atoms with Crippen LogP contribution in [0.15, 0.2) is 0 Å². The van der Waals surface area contributed by atoms with Gasteiger partial charge in [0.05, 0.1) is 0 Å². The SMILES string of the molecule is CC(C)CC(=O)N1CCC(NC(=O)CC2CCCN2)CC1.Cl. The third kappa shape index (κ3) is 6.13. The molecule has 1 atom stereocenters. The minimum atomic E-state index is 0. The van der Waals surface area contributed by atoms with E-state index in [-0.39, 0.29) is 30.3 Å². The maximum Gasteiger partial charge on any atom is 0.222 e. The van der Waals surface area contributed by atoms with Gasteiger partial charge in [0.15, 0.2) is 0 Å². The van der Waals surface area contributed by atoms with Crippen LogP contribution in [-0.2, 0) is 9.59 Å². The molecule has 0 spiro atoms. The van der Waals surface area contributed by atoms with Crippen molar-refractivity contribution < 1.29 is 9.59 Å². The topological polar surface area (TPSA) is 61.4 Å². The van der Waals surface area contributed by atoms with Crippen molar-refractivity contribution in [2.45, 2.75) is 64.5 Å². The van der Waals surface area contributed by atoms with Crippen molar-refractivity contribution in [3.63, 3.8) is 0 Å². The first kappa shape index (κ1) is 19.2. The van der Waals surface area contributed by atoms with E-state index in [2.05, 4.69) is 24.5 Å². The van der Waals surface area contributed by atoms with Gasteiger partial charge in [-0.05, 0) is 38.1 Å². The van der Waals surface area contributed by atoms with E-state index in [1.54, 1.807) is 0 Å². The number of nitrogens with one attached hydrogen (secondary N) is 2. The minimum Gasteiger partial charge on any atom is -0.353 e. The Balaban J connectivity index is 0.00000242. The molecule has 2 aliphatic heterocycles. The zero-order chi connectivity index (χ0) is 15.2. The maximum absolute atomic E-state index is 12.0. The Labute approximate surface area is 140 Å². The zero-order valence-corrected chi connectivity index (χ0v) is 14.6. The molecule has 2 aliphatic rings. The predicted molar refractivity (Wildman–Crippen MR) is 90.1 cm³/mol. The van der Waals surface area contributed by atoms with Gasteiger partial charge in [-0.15, -0.1) is 12.4 Å². The summed E-state index contributed by atoms with van der Waals surface area (Å²) in [6.07, 6.45) is 5.27. The normalized spacial score (nSPS) is 22.5. The minimum absolute atomic E-state index is 0. The number of hydrogen-bond donors (Lipinski definition) is 2. The van der Waals surface area contributed by atoms with Crippen LogP contribution in [0.2, 0.25) is 0 Å². The number of carbonyl (C=O) groups excluding carboxylic acids is 2. The van der Waals surface area contributed by atoms with Crippen molar-refractivity contribution >= 4 is 24.2 Å². The maximum atomic E-state index is 12.0. The van der Waals surface area contributed by atoms with Gasteiger partial charge in [0.25, 0.3) is 0 Å². The summed E-state index contributed by atoms with van der Waals surface area (Å²) < 4.78 is 0. The average molecular weight is 332 g/mol. The quantitative estimate of drug-likeness (QED) is 0.806. The van der Waals surface area contributed by atoms with E-state index in [4.69, 9.17) is 0 Å². The van der Waals surface area contributed by atoms with Crippen LogP contribution in [0.1, 0.15) is 52.4 Å². The van der Waals surface area contributed by atoms with E-state index >= 15 is 0 Å². The monoisotopic (exact) mass is 331 g/mol. The predicted octanol–water partition coefficient (Wildman–Crippen LogP) is 1.70. The average Bonchev–Trinajstić information content (AvgIpc) is 2.91. The first-order valence-electron chi connectivity index (χ1n) is 8.35. The molecule has 2 fully saturated rings. The molecule has 0 radical (unpaired) electrons. The Kier molecular flexibility index (Phi) is 8.18. The highest BCUT2D eigenvalue weighted by atomic mass is 35.5. The van der Waals surface area contributed by atoms with Gasteiger partial charge in [0.1, 0.15) is 0 Å². The van der Waals surface area contributed by atoms with Crippen LogP contribution in [0, 0.1) is 5.92 Å². The van der Waals surface area contributed by atoms with Crippen molar-refractivity contribution in [2.24, 2.45) is 5.92 Å². The number of carbonyl (C=O) groups is 2. The first-order chi connectivity index (χ1) is 10.0. The third-order valence-corrected chi connectivity index (χ3v) is 4.39. The number of piperidine rings is 1. The van der Waals surface area contributed by atoms with Gasteiger partial charge in [-0.1, -0.05) is 13.8 Å². The number of amides is 2. The summed E-state index contributed by atoms with van der Waals surface area (Å²) in [5.41, 5.74) is 0. The lowest BCUT2D eigenvalue weighted by Crippen LogP contribution is -2.47.